The highest BCUT2D eigenvalue weighted by atomic mass is 79.9. The summed E-state index contributed by atoms with van der Waals surface area (Å²) < 4.78 is 0.845. The van der Waals surface area contributed by atoms with Gasteiger partial charge in [0.15, 0.2) is 0 Å². The molecule has 0 saturated heterocycles. The van der Waals surface area contributed by atoms with Crippen molar-refractivity contribution in [1.29, 1.82) is 0 Å². The standard InChI is InChI=1S/C13H23BrN4/c1-4-8-18(6-3)9-7-15-13-10-11(14)16-12(5-2)17-13/h10H,4-9H2,1-3H3,(H,15,16,17). The summed E-state index contributed by atoms with van der Waals surface area (Å²) in [4.78, 5) is 11.2. The minimum atomic E-state index is 0.845. The van der Waals surface area contributed by atoms with Crippen molar-refractivity contribution in [3.8, 4) is 0 Å². The third kappa shape index (κ3) is 5.31. The summed E-state index contributed by atoms with van der Waals surface area (Å²) >= 11 is 3.41. The highest BCUT2D eigenvalue weighted by Crippen LogP contribution is 2.12. The summed E-state index contributed by atoms with van der Waals surface area (Å²) in [5, 5.41) is 3.36. The summed E-state index contributed by atoms with van der Waals surface area (Å²) in [6.45, 7) is 10.7. The van der Waals surface area contributed by atoms with Gasteiger partial charge in [-0.3, -0.25) is 0 Å². The normalized spacial score (nSPS) is 10.9. The average molecular weight is 315 g/mol. The predicted octanol–water partition coefficient (Wildman–Crippen LogP) is 2.95. The molecule has 0 aliphatic heterocycles. The van der Waals surface area contributed by atoms with Crippen LogP contribution in [0.3, 0.4) is 0 Å². The number of halogens is 1. The Balaban J connectivity index is 2.45. The number of anilines is 1. The molecule has 1 N–H and O–H groups in total. The lowest BCUT2D eigenvalue weighted by Crippen LogP contribution is -2.29. The van der Waals surface area contributed by atoms with Crippen molar-refractivity contribution >= 4 is 21.7 Å². The first kappa shape index (κ1) is 15.4. The minimum absolute atomic E-state index is 0.845. The van der Waals surface area contributed by atoms with Gasteiger partial charge >= 0.3 is 0 Å². The summed E-state index contributed by atoms with van der Waals surface area (Å²) in [5.41, 5.74) is 0. The monoisotopic (exact) mass is 314 g/mol. The molecule has 18 heavy (non-hydrogen) atoms. The number of nitrogens with zero attached hydrogens (tertiary/aromatic N) is 3. The number of nitrogens with one attached hydrogen (secondary N) is 1. The van der Waals surface area contributed by atoms with Gasteiger partial charge in [0.2, 0.25) is 0 Å². The van der Waals surface area contributed by atoms with E-state index in [0.717, 1.165) is 48.8 Å². The van der Waals surface area contributed by atoms with Crippen LogP contribution in [0.1, 0.15) is 33.0 Å². The highest BCUT2D eigenvalue weighted by molar-refractivity contribution is 9.10. The fourth-order valence-electron chi connectivity index (χ4n) is 1.80. The molecule has 0 aliphatic carbocycles. The Kier molecular flexibility index (Phi) is 7.20. The van der Waals surface area contributed by atoms with E-state index < -0.39 is 0 Å². The van der Waals surface area contributed by atoms with Gasteiger partial charge in [-0.25, -0.2) is 9.97 Å². The first-order valence-corrected chi connectivity index (χ1v) is 7.48. The van der Waals surface area contributed by atoms with E-state index in [4.69, 9.17) is 0 Å². The second kappa shape index (κ2) is 8.43. The van der Waals surface area contributed by atoms with E-state index in [2.05, 4.69) is 56.9 Å². The molecule has 4 nitrogen and oxygen atoms in total. The van der Waals surface area contributed by atoms with Crippen LogP contribution in [0.2, 0.25) is 0 Å². The van der Waals surface area contributed by atoms with Crippen LogP contribution < -0.4 is 5.32 Å². The molecule has 0 aliphatic rings. The smallest absolute Gasteiger partial charge is 0.131 e. The van der Waals surface area contributed by atoms with Crippen molar-refractivity contribution in [1.82, 2.24) is 14.9 Å². The molecule has 1 aromatic rings. The van der Waals surface area contributed by atoms with E-state index in [1.807, 2.05) is 6.07 Å². The maximum absolute atomic E-state index is 4.45. The number of aromatic nitrogens is 2. The zero-order chi connectivity index (χ0) is 13.4. The SMILES string of the molecule is CCCN(CC)CCNc1cc(Br)nc(CC)n1. The van der Waals surface area contributed by atoms with E-state index in [0.29, 0.717) is 0 Å². The molecule has 0 bridgehead atoms. The van der Waals surface area contributed by atoms with E-state index in [9.17, 15) is 0 Å². The highest BCUT2D eigenvalue weighted by Gasteiger charge is 2.03. The third-order valence-corrected chi connectivity index (χ3v) is 3.18. The number of hydrogen-bond donors (Lipinski definition) is 1. The maximum Gasteiger partial charge on any atom is 0.131 e. The van der Waals surface area contributed by atoms with Gasteiger partial charge < -0.3 is 10.2 Å². The molecule has 1 rings (SSSR count). The second-order valence-corrected chi connectivity index (χ2v) is 5.02. The van der Waals surface area contributed by atoms with Crippen molar-refractivity contribution in [2.75, 3.05) is 31.5 Å². The van der Waals surface area contributed by atoms with Gasteiger partial charge in [0, 0.05) is 25.6 Å². The molecule has 0 unspecified atom stereocenters. The lowest BCUT2D eigenvalue weighted by Gasteiger charge is -2.19. The van der Waals surface area contributed by atoms with Crippen molar-refractivity contribution < 1.29 is 0 Å². The number of aryl methyl sites for hydroxylation is 1. The van der Waals surface area contributed by atoms with Gasteiger partial charge in [-0.05, 0) is 35.4 Å². The van der Waals surface area contributed by atoms with Crippen molar-refractivity contribution in [2.24, 2.45) is 0 Å². The number of rotatable bonds is 8. The zero-order valence-electron chi connectivity index (χ0n) is 11.5. The summed E-state index contributed by atoms with van der Waals surface area (Å²) in [6, 6.07) is 1.93. The number of likely N-dealkylation sites (N-methyl/N-ethyl adjacent to an activating group) is 1. The van der Waals surface area contributed by atoms with Gasteiger partial charge in [0.05, 0.1) is 0 Å². The Morgan fingerprint density at radius 3 is 2.61 bits per heavy atom. The molecular weight excluding hydrogens is 292 g/mol. The predicted molar refractivity (Wildman–Crippen MR) is 80.0 cm³/mol. The van der Waals surface area contributed by atoms with E-state index in [1.165, 1.54) is 6.42 Å². The average Bonchev–Trinajstić information content (AvgIpc) is 2.37. The third-order valence-electron chi connectivity index (χ3n) is 2.78. The van der Waals surface area contributed by atoms with Crippen LogP contribution in [0.15, 0.2) is 10.7 Å². The van der Waals surface area contributed by atoms with Gasteiger partial charge in [0.25, 0.3) is 0 Å². The molecule has 5 heteroatoms. The Bertz CT molecular complexity index is 357. The van der Waals surface area contributed by atoms with Crippen LogP contribution >= 0.6 is 15.9 Å². The van der Waals surface area contributed by atoms with Crippen LogP contribution in [-0.4, -0.2) is 41.0 Å². The summed E-state index contributed by atoms with van der Waals surface area (Å²) in [7, 11) is 0. The van der Waals surface area contributed by atoms with Crippen LogP contribution in [0.5, 0.6) is 0 Å². The molecule has 1 heterocycles. The topological polar surface area (TPSA) is 41.0 Å². The molecule has 0 radical (unpaired) electrons. The van der Waals surface area contributed by atoms with Crippen LogP contribution in [-0.2, 0) is 6.42 Å². The van der Waals surface area contributed by atoms with Crippen LogP contribution in [0, 0.1) is 0 Å². The Morgan fingerprint density at radius 1 is 1.22 bits per heavy atom. The number of hydrogen-bond acceptors (Lipinski definition) is 4. The molecule has 0 fully saturated rings. The molecule has 0 atom stereocenters. The molecule has 0 amide bonds. The molecule has 102 valence electrons. The Hall–Kier alpha value is -0.680. The van der Waals surface area contributed by atoms with Crippen LogP contribution in [0.25, 0.3) is 0 Å². The molecular formula is C13H23BrN4. The summed E-state index contributed by atoms with van der Waals surface area (Å²) in [5.74, 6) is 1.77. The van der Waals surface area contributed by atoms with E-state index in [-0.39, 0.29) is 0 Å². The van der Waals surface area contributed by atoms with Gasteiger partial charge in [-0.1, -0.05) is 20.8 Å². The lowest BCUT2D eigenvalue weighted by molar-refractivity contribution is 0.300. The van der Waals surface area contributed by atoms with Crippen molar-refractivity contribution in [3.05, 3.63) is 16.5 Å². The quantitative estimate of drug-likeness (QED) is 0.749. The molecule has 0 aromatic carbocycles. The summed E-state index contributed by atoms with van der Waals surface area (Å²) in [6.07, 6.45) is 2.05. The molecule has 1 aromatic heterocycles. The lowest BCUT2D eigenvalue weighted by atomic mass is 10.4. The van der Waals surface area contributed by atoms with E-state index in [1.54, 1.807) is 0 Å². The van der Waals surface area contributed by atoms with Gasteiger partial charge in [-0.2, -0.15) is 0 Å². The molecule has 0 saturated carbocycles. The second-order valence-electron chi connectivity index (χ2n) is 4.21. The minimum Gasteiger partial charge on any atom is -0.369 e. The maximum atomic E-state index is 4.45. The fourth-order valence-corrected chi connectivity index (χ4v) is 2.22. The van der Waals surface area contributed by atoms with Crippen molar-refractivity contribution in [2.45, 2.75) is 33.6 Å². The van der Waals surface area contributed by atoms with Crippen LogP contribution in [0.4, 0.5) is 5.82 Å². The van der Waals surface area contributed by atoms with Crippen molar-refractivity contribution in [3.63, 3.8) is 0 Å². The van der Waals surface area contributed by atoms with Gasteiger partial charge in [-0.15, -0.1) is 0 Å². The molecule has 0 spiro atoms. The Morgan fingerprint density at radius 2 is 2.00 bits per heavy atom. The van der Waals surface area contributed by atoms with Gasteiger partial charge in [0.1, 0.15) is 16.2 Å². The first-order valence-electron chi connectivity index (χ1n) is 6.69. The first-order chi connectivity index (χ1) is 8.69. The largest absolute Gasteiger partial charge is 0.369 e. The van der Waals surface area contributed by atoms with E-state index >= 15 is 0 Å². The fraction of sp³-hybridized carbons (Fsp3) is 0.692. The zero-order valence-corrected chi connectivity index (χ0v) is 13.1. The Labute approximate surface area is 118 Å².